The second kappa shape index (κ2) is 5.01. The van der Waals surface area contributed by atoms with E-state index in [1.54, 1.807) is 5.56 Å². The molecule has 2 aromatic heterocycles. The molecular formula is C23H22N2. The van der Waals surface area contributed by atoms with Crippen LogP contribution in [0.4, 0.5) is 0 Å². The lowest BCUT2D eigenvalue weighted by Gasteiger charge is -2.30. The zero-order valence-corrected chi connectivity index (χ0v) is 14.3. The molecule has 2 heterocycles. The Morgan fingerprint density at radius 3 is 2.48 bits per heavy atom. The molecule has 2 heteroatoms. The molecule has 4 aromatic rings. The monoisotopic (exact) mass is 326 g/mol. The Bertz CT molecular complexity index is 1080. The number of aromatic amines is 2. The third kappa shape index (κ3) is 1.80. The number of hydrogen-bond donors (Lipinski definition) is 2. The molecule has 2 aromatic carbocycles. The molecule has 2 aliphatic carbocycles. The van der Waals surface area contributed by atoms with Crippen LogP contribution in [0.5, 0.6) is 0 Å². The number of rotatable bonds is 1. The zero-order chi connectivity index (χ0) is 16.4. The fourth-order valence-electron chi connectivity index (χ4n) is 5.70. The normalized spacial score (nSPS) is 25.4. The molecule has 0 aliphatic heterocycles. The highest BCUT2D eigenvalue weighted by Gasteiger charge is 2.45. The van der Waals surface area contributed by atoms with Gasteiger partial charge in [0.05, 0.1) is 0 Å². The van der Waals surface area contributed by atoms with Crippen molar-refractivity contribution < 1.29 is 0 Å². The van der Waals surface area contributed by atoms with E-state index in [0.29, 0.717) is 5.92 Å². The first-order valence-electron chi connectivity index (χ1n) is 9.58. The molecule has 0 spiro atoms. The predicted molar refractivity (Wildman–Crippen MR) is 103 cm³/mol. The first-order valence-corrected chi connectivity index (χ1v) is 9.58. The van der Waals surface area contributed by atoms with Crippen molar-refractivity contribution in [3.63, 3.8) is 0 Å². The Labute approximate surface area is 147 Å². The number of hydrogen-bond acceptors (Lipinski definition) is 0. The van der Waals surface area contributed by atoms with Crippen LogP contribution in [0.2, 0.25) is 0 Å². The first kappa shape index (κ1) is 13.8. The summed E-state index contributed by atoms with van der Waals surface area (Å²) in [5.41, 5.74) is 7.16. The molecule has 0 saturated heterocycles. The third-order valence-corrected chi connectivity index (χ3v) is 6.66. The minimum absolute atomic E-state index is 0.504. The van der Waals surface area contributed by atoms with Gasteiger partial charge in [-0.3, -0.25) is 0 Å². The highest BCUT2D eigenvalue weighted by Crippen LogP contribution is 2.58. The van der Waals surface area contributed by atoms with Crippen LogP contribution >= 0.6 is 0 Å². The minimum Gasteiger partial charge on any atom is -0.361 e. The van der Waals surface area contributed by atoms with Crippen LogP contribution in [0.1, 0.15) is 54.3 Å². The van der Waals surface area contributed by atoms with Gasteiger partial charge in [0.25, 0.3) is 0 Å². The number of aromatic nitrogens is 2. The van der Waals surface area contributed by atoms with Gasteiger partial charge in [-0.05, 0) is 47.9 Å². The van der Waals surface area contributed by atoms with Crippen LogP contribution in [0.15, 0.2) is 54.7 Å². The second-order valence-corrected chi connectivity index (χ2v) is 7.82. The standard InChI is InChI=1S/C23H22N2/c1-2-9-16-15(8-1)21-17-10-4-6-12-20(17)25-23(21)22(16)18-13-24-19-11-5-3-7-14(18)19/h3-7,10-13,15-16,22,24-25H,1-2,8-9H2/t15-,16+,22+/m1/s1. The molecule has 1 fully saturated rings. The largest absolute Gasteiger partial charge is 0.361 e. The van der Waals surface area contributed by atoms with Crippen molar-refractivity contribution in [1.82, 2.24) is 9.97 Å². The van der Waals surface area contributed by atoms with E-state index in [0.717, 1.165) is 11.8 Å². The summed E-state index contributed by atoms with van der Waals surface area (Å²) in [4.78, 5) is 7.33. The smallest absolute Gasteiger partial charge is 0.0459 e. The Morgan fingerprint density at radius 2 is 1.56 bits per heavy atom. The van der Waals surface area contributed by atoms with Gasteiger partial charge in [0, 0.05) is 39.6 Å². The fourth-order valence-corrected chi connectivity index (χ4v) is 5.70. The molecule has 3 atom stereocenters. The van der Waals surface area contributed by atoms with E-state index in [9.17, 15) is 0 Å². The Balaban J connectivity index is 1.63. The van der Waals surface area contributed by atoms with E-state index < -0.39 is 0 Å². The maximum absolute atomic E-state index is 3.82. The summed E-state index contributed by atoms with van der Waals surface area (Å²) in [6.07, 6.45) is 7.72. The molecule has 2 aliphatic rings. The highest BCUT2D eigenvalue weighted by molar-refractivity contribution is 5.89. The quantitative estimate of drug-likeness (QED) is 0.425. The number of benzene rings is 2. The first-order chi connectivity index (χ1) is 12.4. The van der Waals surface area contributed by atoms with Gasteiger partial charge >= 0.3 is 0 Å². The van der Waals surface area contributed by atoms with Gasteiger partial charge in [-0.2, -0.15) is 0 Å². The van der Waals surface area contributed by atoms with Crippen LogP contribution < -0.4 is 0 Å². The van der Waals surface area contributed by atoms with Crippen LogP contribution in [-0.4, -0.2) is 9.97 Å². The molecule has 6 rings (SSSR count). The predicted octanol–water partition coefficient (Wildman–Crippen LogP) is 6.07. The summed E-state index contributed by atoms with van der Waals surface area (Å²) in [6, 6.07) is 17.6. The summed E-state index contributed by atoms with van der Waals surface area (Å²) < 4.78 is 0. The third-order valence-electron chi connectivity index (χ3n) is 6.66. The number of H-pyrrole nitrogens is 2. The average Bonchev–Trinajstić information content (AvgIpc) is 3.32. The molecule has 2 nitrogen and oxygen atoms in total. The lowest BCUT2D eigenvalue weighted by Crippen LogP contribution is -2.18. The van der Waals surface area contributed by atoms with Gasteiger partial charge in [-0.1, -0.05) is 49.2 Å². The molecule has 2 N–H and O–H groups in total. The van der Waals surface area contributed by atoms with E-state index in [2.05, 4.69) is 64.7 Å². The summed E-state index contributed by atoms with van der Waals surface area (Å²) in [5.74, 6) is 1.97. The summed E-state index contributed by atoms with van der Waals surface area (Å²) >= 11 is 0. The highest BCUT2D eigenvalue weighted by atomic mass is 14.8. The Hall–Kier alpha value is -2.48. The second-order valence-electron chi connectivity index (χ2n) is 7.82. The number of para-hydroxylation sites is 2. The lowest BCUT2D eigenvalue weighted by atomic mass is 9.74. The SMILES string of the molecule is c1ccc2c([C@H]3c4[nH]c5ccccc5c4[C@@H]4CCCC[C@H]34)c[nH]c2c1. The maximum atomic E-state index is 3.82. The summed E-state index contributed by atoms with van der Waals surface area (Å²) in [5, 5.41) is 2.85. The fraction of sp³-hybridized carbons (Fsp3) is 0.304. The van der Waals surface area contributed by atoms with Gasteiger partial charge in [-0.15, -0.1) is 0 Å². The molecule has 1 saturated carbocycles. The van der Waals surface area contributed by atoms with Crippen molar-refractivity contribution in [2.24, 2.45) is 5.92 Å². The van der Waals surface area contributed by atoms with Crippen molar-refractivity contribution in [3.05, 3.63) is 71.5 Å². The van der Waals surface area contributed by atoms with Gasteiger partial charge in [-0.25, -0.2) is 0 Å². The van der Waals surface area contributed by atoms with E-state index in [4.69, 9.17) is 0 Å². The Kier molecular flexibility index (Phi) is 2.76. The van der Waals surface area contributed by atoms with Gasteiger partial charge in [0.15, 0.2) is 0 Å². The van der Waals surface area contributed by atoms with E-state index in [1.807, 2.05) is 0 Å². The minimum atomic E-state index is 0.504. The van der Waals surface area contributed by atoms with Crippen LogP contribution in [0.25, 0.3) is 21.8 Å². The molecule has 0 bridgehead atoms. The average molecular weight is 326 g/mol. The van der Waals surface area contributed by atoms with Crippen molar-refractivity contribution in [3.8, 4) is 0 Å². The molecule has 0 unspecified atom stereocenters. The summed E-state index contributed by atoms with van der Waals surface area (Å²) in [7, 11) is 0. The molecular weight excluding hydrogens is 304 g/mol. The molecule has 124 valence electrons. The molecule has 25 heavy (non-hydrogen) atoms. The van der Waals surface area contributed by atoms with Crippen LogP contribution in [0, 0.1) is 5.92 Å². The van der Waals surface area contributed by atoms with Crippen molar-refractivity contribution >= 4 is 21.8 Å². The van der Waals surface area contributed by atoms with Gasteiger partial charge < -0.3 is 9.97 Å². The van der Waals surface area contributed by atoms with E-state index >= 15 is 0 Å². The van der Waals surface area contributed by atoms with Crippen LogP contribution in [-0.2, 0) is 0 Å². The number of fused-ring (bicyclic) bond motifs is 6. The van der Waals surface area contributed by atoms with Crippen molar-refractivity contribution in [2.45, 2.75) is 37.5 Å². The van der Waals surface area contributed by atoms with Crippen molar-refractivity contribution in [1.29, 1.82) is 0 Å². The van der Waals surface area contributed by atoms with Crippen molar-refractivity contribution in [2.75, 3.05) is 0 Å². The molecule has 0 radical (unpaired) electrons. The lowest BCUT2D eigenvalue weighted by molar-refractivity contribution is 0.308. The Morgan fingerprint density at radius 1 is 0.800 bits per heavy atom. The van der Waals surface area contributed by atoms with E-state index in [1.165, 1.54) is 58.7 Å². The summed E-state index contributed by atoms with van der Waals surface area (Å²) in [6.45, 7) is 0. The zero-order valence-electron chi connectivity index (χ0n) is 14.3. The topological polar surface area (TPSA) is 31.6 Å². The maximum Gasteiger partial charge on any atom is 0.0459 e. The van der Waals surface area contributed by atoms with Crippen LogP contribution in [0.3, 0.4) is 0 Å². The van der Waals surface area contributed by atoms with E-state index in [-0.39, 0.29) is 0 Å². The molecule has 0 amide bonds. The number of nitrogens with one attached hydrogen (secondary N) is 2. The van der Waals surface area contributed by atoms with Gasteiger partial charge in [0.1, 0.15) is 0 Å². The van der Waals surface area contributed by atoms with Gasteiger partial charge in [0.2, 0.25) is 0 Å².